The minimum absolute atomic E-state index is 0. The second-order valence-electron chi connectivity index (χ2n) is 8.22. The van der Waals surface area contributed by atoms with Crippen molar-refractivity contribution in [1.29, 1.82) is 0 Å². The van der Waals surface area contributed by atoms with Crippen molar-refractivity contribution in [2.24, 2.45) is 0 Å². The standard InChI is InChI=1S/C21H42NO2.HI/c1-4-5-6-7-8-9-10-11-12-13-14-15-19-24-21(23)20-17-16-18-22(20,2)3;/h20H,4-19H2,1-3H3;1H/q+1;/p-1. The van der Waals surface area contributed by atoms with Gasteiger partial charge in [-0.2, -0.15) is 0 Å². The summed E-state index contributed by atoms with van der Waals surface area (Å²) in [6.45, 7) is 3.99. The summed E-state index contributed by atoms with van der Waals surface area (Å²) in [4.78, 5) is 12.1. The van der Waals surface area contributed by atoms with Gasteiger partial charge in [0.1, 0.15) is 0 Å². The number of likely N-dealkylation sites (N-methyl/N-ethyl adjacent to an activating group) is 1. The number of ether oxygens (including phenoxy) is 1. The van der Waals surface area contributed by atoms with Gasteiger partial charge in [0.15, 0.2) is 6.04 Å². The van der Waals surface area contributed by atoms with Crippen molar-refractivity contribution in [1.82, 2.24) is 0 Å². The highest BCUT2D eigenvalue weighted by atomic mass is 127. The van der Waals surface area contributed by atoms with E-state index in [1.807, 2.05) is 0 Å². The number of hydrogen-bond donors (Lipinski definition) is 0. The van der Waals surface area contributed by atoms with E-state index in [9.17, 15) is 4.79 Å². The molecule has 0 aliphatic carbocycles. The van der Waals surface area contributed by atoms with Gasteiger partial charge in [0.05, 0.1) is 27.2 Å². The summed E-state index contributed by atoms with van der Waals surface area (Å²) in [5, 5.41) is 0. The zero-order valence-corrected chi connectivity index (χ0v) is 19.2. The Morgan fingerprint density at radius 3 is 1.80 bits per heavy atom. The fourth-order valence-corrected chi connectivity index (χ4v) is 3.81. The van der Waals surface area contributed by atoms with Gasteiger partial charge in [-0.05, 0) is 6.42 Å². The van der Waals surface area contributed by atoms with Gasteiger partial charge in [-0.3, -0.25) is 0 Å². The number of nitrogens with zero attached hydrogens (tertiary/aromatic N) is 1. The zero-order valence-electron chi connectivity index (χ0n) is 17.0. The highest BCUT2D eigenvalue weighted by Gasteiger charge is 2.40. The number of esters is 1. The molecule has 1 rings (SSSR count). The number of hydrogen-bond acceptors (Lipinski definition) is 2. The second-order valence-corrected chi connectivity index (χ2v) is 8.22. The van der Waals surface area contributed by atoms with Crippen LogP contribution < -0.4 is 24.0 Å². The minimum Gasteiger partial charge on any atom is -1.00 e. The van der Waals surface area contributed by atoms with Crippen LogP contribution in [0.3, 0.4) is 0 Å². The highest BCUT2D eigenvalue weighted by molar-refractivity contribution is 5.74. The predicted octanol–water partition coefficient (Wildman–Crippen LogP) is 2.47. The van der Waals surface area contributed by atoms with Crippen LogP contribution in [-0.2, 0) is 9.53 Å². The summed E-state index contributed by atoms with van der Waals surface area (Å²) < 4.78 is 6.30. The number of likely N-dealkylation sites (tertiary alicyclic amines) is 1. The van der Waals surface area contributed by atoms with Gasteiger partial charge < -0.3 is 33.2 Å². The Balaban J connectivity index is 0.00000576. The van der Waals surface area contributed by atoms with Crippen LogP contribution in [0.2, 0.25) is 0 Å². The molecule has 0 saturated carbocycles. The topological polar surface area (TPSA) is 26.3 Å². The molecule has 0 spiro atoms. The van der Waals surface area contributed by atoms with Gasteiger partial charge in [0.2, 0.25) is 0 Å². The molecule has 150 valence electrons. The van der Waals surface area contributed by atoms with Crippen LogP contribution in [0.4, 0.5) is 0 Å². The van der Waals surface area contributed by atoms with Gasteiger partial charge in [0.25, 0.3) is 0 Å². The summed E-state index contributed by atoms with van der Waals surface area (Å²) in [5.41, 5.74) is 0. The van der Waals surface area contributed by atoms with Crippen molar-refractivity contribution in [2.75, 3.05) is 27.2 Å². The molecule has 1 heterocycles. The molecular weight excluding hydrogens is 425 g/mol. The van der Waals surface area contributed by atoms with E-state index < -0.39 is 0 Å². The molecule has 1 unspecified atom stereocenters. The van der Waals surface area contributed by atoms with E-state index in [1.165, 1.54) is 70.6 Å². The monoisotopic (exact) mass is 467 g/mol. The normalized spacial score (nSPS) is 18.8. The Labute approximate surface area is 173 Å². The lowest BCUT2D eigenvalue weighted by molar-refractivity contribution is -0.893. The molecule has 0 radical (unpaired) electrons. The van der Waals surface area contributed by atoms with Crippen LogP contribution in [0.1, 0.15) is 96.8 Å². The summed E-state index contributed by atoms with van der Waals surface area (Å²) >= 11 is 0. The molecule has 0 aromatic carbocycles. The maximum Gasteiger partial charge on any atom is 0.364 e. The first-order valence-electron chi connectivity index (χ1n) is 10.6. The molecule has 25 heavy (non-hydrogen) atoms. The van der Waals surface area contributed by atoms with E-state index in [4.69, 9.17) is 4.74 Å². The maximum atomic E-state index is 12.1. The maximum absolute atomic E-state index is 12.1. The molecule has 0 N–H and O–H groups in total. The molecule has 0 amide bonds. The van der Waals surface area contributed by atoms with Crippen LogP contribution in [0.5, 0.6) is 0 Å². The first-order chi connectivity index (χ1) is 11.6. The first kappa shape index (κ1) is 25.2. The summed E-state index contributed by atoms with van der Waals surface area (Å²) in [5.74, 6) is 0.0283. The fourth-order valence-electron chi connectivity index (χ4n) is 3.81. The first-order valence-corrected chi connectivity index (χ1v) is 10.6. The number of unbranched alkanes of at least 4 members (excludes halogenated alkanes) is 11. The van der Waals surface area contributed by atoms with E-state index in [2.05, 4.69) is 21.0 Å². The van der Waals surface area contributed by atoms with Crippen molar-refractivity contribution in [3.63, 3.8) is 0 Å². The lowest BCUT2D eigenvalue weighted by Gasteiger charge is -2.29. The molecule has 1 fully saturated rings. The number of halogens is 1. The lowest BCUT2D eigenvalue weighted by atomic mass is 10.1. The van der Waals surface area contributed by atoms with Crippen LogP contribution in [0, 0.1) is 0 Å². The third-order valence-electron chi connectivity index (χ3n) is 5.57. The summed E-state index contributed by atoms with van der Waals surface area (Å²) in [6.07, 6.45) is 18.2. The number of carbonyl (C=O) groups is 1. The largest absolute Gasteiger partial charge is 1.00 e. The average molecular weight is 467 g/mol. The molecule has 1 saturated heterocycles. The van der Waals surface area contributed by atoms with Crippen LogP contribution in [0.25, 0.3) is 0 Å². The zero-order chi connectivity index (χ0) is 17.7. The molecular formula is C21H42INO2. The van der Waals surface area contributed by atoms with E-state index in [-0.39, 0.29) is 36.0 Å². The van der Waals surface area contributed by atoms with Crippen molar-refractivity contribution in [3.05, 3.63) is 0 Å². The Hall–Kier alpha value is 0.160. The van der Waals surface area contributed by atoms with E-state index in [0.29, 0.717) is 6.61 Å². The molecule has 0 bridgehead atoms. The Kier molecular flexibility index (Phi) is 15.3. The van der Waals surface area contributed by atoms with Crippen molar-refractivity contribution < 1.29 is 38.0 Å². The van der Waals surface area contributed by atoms with Crippen LogP contribution >= 0.6 is 0 Å². The SMILES string of the molecule is CCCCCCCCCCCCCCOC(=O)C1CCC[N+]1(C)C.[I-]. The third kappa shape index (κ3) is 11.5. The van der Waals surface area contributed by atoms with E-state index >= 15 is 0 Å². The van der Waals surface area contributed by atoms with Gasteiger partial charge in [-0.15, -0.1) is 0 Å². The Morgan fingerprint density at radius 2 is 1.36 bits per heavy atom. The quantitative estimate of drug-likeness (QED) is 0.170. The molecule has 0 aromatic rings. The van der Waals surface area contributed by atoms with Gasteiger partial charge >= 0.3 is 5.97 Å². The number of quaternary nitrogens is 1. The molecule has 0 aromatic heterocycles. The average Bonchev–Trinajstić information content (AvgIpc) is 2.91. The molecule has 1 aliphatic rings. The molecule has 1 atom stereocenters. The molecule has 3 nitrogen and oxygen atoms in total. The van der Waals surface area contributed by atoms with Crippen molar-refractivity contribution in [2.45, 2.75) is 103 Å². The highest BCUT2D eigenvalue weighted by Crippen LogP contribution is 2.23. The van der Waals surface area contributed by atoms with Gasteiger partial charge in [-0.1, -0.05) is 77.6 Å². The van der Waals surface area contributed by atoms with E-state index in [0.717, 1.165) is 30.3 Å². The third-order valence-corrected chi connectivity index (χ3v) is 5.57. The van der Waals surface area contributed by atoms with Gasteiger partial charge in [-0.25, -0.2) is 4.79 Å². The van der Waals surface area contributed by atoms with Crippen molar-refractivity contribution >= 4 is 5.97 Å². The number of rotatable bonds is 14. The Bertz CT molecular complexity index is 334. The predicted molar refractivity (Wildman–Crippen MR) is 102 cm³/mol. The van der Waals surface area contributed by atoms with Gasteiger partial charge in [0, 0.05) is 12.8 Å². The summed E-state index contributed by atoms with van der Waals surface area (Å²) in [6, 6.07) is 0.0716. The van der Waals surface area contributed by atoms with Crippen molar-refractivity contribution in [3.8, 4) is 0 Å². The fraction of sp³-hybridized carbons (Fsp3) is 0.952. The van der Waals surface area contributed by atoms with Crippen LogP contribution in [0.15, 0.2) is 0 Å². The lowest BCUT2D eigenvalue weighted by Crippen LogP contribution is -3.00. The molecule has 4 heteroatoms. The Morgan fingerprint density at radius 1 is 0.880 bits per heavy atom. The smallest absolute Gasteiger partial charge is 0.364 e. The number of carbonyl (C=O) groups excluding carboxylic acids is 1. The van der Waals surface area contributed by atoms with E-state index in [1.54, 1.807) is 0 Å². The van der Waals surface area contributed by atoms with Crippen LogP contribution in [-0.4, -0.2) is 43.7 Å². The minimum atomic E-state index is 0. The molecule has 1 aliphatic heterocycles. The summed E-state index contributed by atoms with van der Waals surface area (Å²) in [7, 11) is 4.28. The second kappa shape index (κ2) is 15.2.